The summed E-state index contributed by atoms with van der Waals surface area (Å²) in [5.41, 5.74) is 3.15. The molecular weight excluding hydrogens is 373 g/mol. The minimum atomic E-state index is -0.187. The fourth-order valence-electron chi connectivity index (χ4n) is 4.49. The van der Waals surface area contributed by atoms with Crippen molar-refractivity contribution in [3.63, 3.8) is 0 Å². The monoisotopic (exact) mass is 393 g/mol. The molecule has 2 aliphatic rings. The number of pyridine rings is 1. The quantitative estimate of drug-likeness (QED) is 0.673. The number of aromatic nitrogens is 1. The van der Waals surface area contributed by atoms with Gasteiger partial charge in [-0.15, -0.1) is 0 Å². The molecule has 2 aliphatic heterocycles. The highest BCUT2D eigenvalue weighted by molar-refractivity contribution is 7.08. The Morgan fingerprint density at radius 2 is 2.07 bits per heavy atom. The Hall–Kier alpha value is -2.57. The number of nitrogens with zero attached hydrogens (tertiary/aromatic N) is 3. The van der Waals surface area contributed by atoms with Crippen LogP contribution in [0.2, 0.25) is 0 Å². The molecule has 1 aromatic carbocycles. The van der Waals surface area contributed by atoms with Gasteiger partial charge < -0.3 is 4.90 Å². The third-order valence-corrected chi connectivity index (χ3v) is 6.52. The van der Waals surface area contributed by atoms with E-state index in [0.29, 0.717) is 18.7 Å². The normalized spacial score (nSPS) is 21.4. The standard InChI is InChI=1S/C22H20FN3OS/c23-18-5-2-1-4-16(18)12-25-10-8-22(14-25)15-26(19-6-3-9-24-20(19)22)21(27)17-7-11-28-13-17/h1-7,9,11,13H,8,10,12,14-15H2/t22-/m0/s1. The van der Waals surface area contributed by atoms with Gasteiger partial charge in [0.15, 0.2) is 0 Å². The lowest BCUT2D eigenvalue weighted by Crippen LogP contribution is -2.39. The molecule has 0 saturated carbocycles. The van der Waals surface area contributed by atoms with Crippen LogP contribution >= 0.6 is 11.3 Å². The van der Waals surface area contributed by atoms with E-state index < -0.39 is 0 Å². The van der Waals surface area contributed by atoms with Crippen molar-refractivity contribution < 1.29 is 9.18 Å². The summed E-state index contributed by atoms with van der Waals surface area (Å²) in [6, 6.07) is 12.7. The van der Waals surface area contributed by atoms with E-state index in [1.807, 2.05) is 46.0 Å². The van der Waals surface area contributed by atoms with Crippen LogP contribution in [0.4, 0.5) is 10.1 Å². The number of benzene rings is 1. The van der Waals surface area contributed by atoms with Gasteiger partial charge in [0.2, 0.25) is 0 Å². The highest BCUT2D eigenvalue weighted by Crippen LogP contribution is 2.45. The van der Waals surface area contributed by atoms with Gasteiger partial charge in [-0.05, 0) is 42.6 Å². The van der Waals surface area contributed by atoms with Crippen LogP contribution in [0.3, 0.4) is 0 Å². The SMILES string of the molecule is O=C(c1ccsc1)N1C[C@@]2(CCN(Cc3ccccc3F)C2)c2ncccc21. The highest BCUT2D eigenvalue weighted by Gasteiger charge is 2.50. The molecule has 28 heavy (non-hydrogen) atoms. The summed E-state index contributed by atoms with van der Waals surface area (Å²) < 4.78 is 14.1. The zero-order valence-electron chi connectivity index (χ0n) is 15.3. The molecule has 0 aliphatic carbocycles. The van der Waals surface area contributed by atoms with E-state index in [1.165, 1.54) is 17.4 Å². The number of amides is 1. The molecular formula is C22H20FN3OS. The van der Waals surface area contributed by atoms with Gasteiger partial charge in [0.25, 0.3) is 5.91 Å². The predicted molar refractivity (Wildman–Crippen MR) is 108 cm³/mol. The zero-order valence-corrected chi connectivity index (χ0v) is 16.2. The highest BCUT2D eigenvalue weighted by atomic mass is 32.1. The molecule has 1 saturated heterocycles. The van der Waals surface area contributed by atoms with Crippen molar-refractivity contribution >= 4 is 22.9 Å². The smallest absolute Gasteiger partial charge is 0.259 e. The van der Waals surface area contributed by atoms with Crippen molar-refractivity contribution in [2.45, 2.75) is 18.4 Å². The molecule has 1 spiro atoms. The number of anilines is 1. The summed E-state index contributed by atoms with van der Waals surface area (Å²) in [5.74, 6) is -0.136. The van der Waals surface area contributed by atoms with Crippen LogP contribution in [0.15, 0.2) is 59.4 Å². The second-order valence-corrected chi connectivity index (χ2v) is 8.39. The molecule has 4 heterocycles. The van der Waals surface area contributed by atoms with Crippen LogP contribution in [0, 0.1) is 5.82 Å². The molecule has 3 aromatic rings. The number of halogens is 1. The first kappa shape index (κ1) is 17.5. The first-order valence-corrected chi connectivity index (χ1v) is 10.4. The average molecular weight is 393 g/mol. The number of fused-ring (bicyclic) bond motifs is 2. The predicted octanol–water partition coefficient (Wildman–Crippen LogP) is 4.09. The fraction of sp³-hybridized carbons (Fsp3) is 0.273. The van der Waals surface area contributed by atoms with Crippen molar-refractivity contribution in [3.8, 4) is 0 Å². The topological polar surface area (TPSA) is 36.4 Å². The maximum absolute atomic E-state index is 14.1. The number of carbonyl (C=O) groups is 1. The Morgan fingerprint density at radius 1 is 1.18 bits per heavy atom. The van der Waals surface area contributed by atoms with E-state index in [1.54, 1.807) is 12.3 Å². The van der Waals surface area contributed by atoms with Crippen LogP contribution in [-0.4, -0.2) is 35.4 Å². The summed E-state index contributed by atoms with van der Waals surface area (Å²) in [6.07, 6.45) is 2.72. The van der Waals surface area contributed by atoms with Crippen molar-refractivity contribution in [2.75, 3.05) is 24.5 Å². The maximum atomic E-state index is 14.1. The van der Waals surface area contributed by atoms with E-state index in [9.17, 15) is 9.18 Å². The molecule has 0 unspecified atom stereocenters. The summed E-state index contributed by atoms with van der Waals surface area (Å²) in [6.45, 7) is 2.85. The molecule has 1 amide bonds. The Morgan fingerprint density at radius 3 is 2.89 bits per heavy atom. The Kier molecular flexibility index (Phi) is 4.25. The van der Waals surface area contributed by atoms with Crippen LogP contribution in [-0.2, 0) is 12.0 Å². The number of rotatable bonds is 3. The summed E-state index contributed by atoms with van der Waals surface area (Å²) in [5, 5.41) is 3.82. The molecule has 0 bridgehead atoms. The first-order valence-electron chi connectivity index (χ1n) is 9.42. The molecule has 5 rings (SSSR count). The Bertz CT molecular complexity index is 1020. The number of hydrogen-bond donors (Lipinski definition) is 0. The summed E-state index contributed by atoms with van der Waals surface area (Å²) in [4.78, 5) is 21.9. The average Bonchev–Trinajstić information content (AvgIpc) is 3.45. The number of thiophene rings is 1. The molecule has 2 aromatic heterocycles. The lowest BCUT2D eigenvalue weighted by molar-refractivity contribution is 0.0985. The van der Waals surface area contributed by atoms with E-state index in [4.69, 9.17) is 0 Å². The van der Waals surface area contributed by atoms with Gasteiger partial charge in [0.05, 0.1) is 16.9 Å². The number of carbonyl (C=O) groups excluding carboxylic acids is 1. The van der Waals surface area contributed by atoms with Gasteiger partial charge in [-0.2, -0.15) is 11.3 Å². The van der Waals surface area contributed by atoms with Gasteiger partial charge >= 0.3 is 0 Å². The maximum Gasteiger partial charge on any atom is 0.259 e. The molecule has 0 radical (unpaired) electrons. The first-order chi connectivity index (χ1) is 13.7. The van der Waals surface area contributed by atoms with Crippen LogP contribution in [0.25, 0.3) is 0 Å². The second-order valence-electron chi connectivity index (χ2n) is 7.61. The van der Waals surface area contributed by atoms with Crippen molar-refractivity contribution in [1.29, 1.82) is 0 Å². The Balaban J connectivity index is 1.43. The van der Waals surface area contributed by atoms with E-state index in [0.717, 1.165) is 36.5 Å². The Labute approximate surface area is 167 Å². The van der Waals surface area contributed by atoms with Crippen LogP contribution < -0.4 is 4.90 Å². The van der Waals surface area contributed by atoms with Crippen LogP contribution in [0.1, 0.15) is 28.0 Å². The third kappa shape index (κ3) is 2.84. The largest absolute Gasteiger partial charge is 0.305 e. The lowest BCUT2D eigenvalue weighted by Gasteiger charge is -2.25. The van der Waals surface area contributed by atoms with Gasteiger partial charge in [-0.25, -0.2) is 4.39 Å². The molecule has 6 heteroatoms. The molecule has 0 N–H and O–H groups in total. The third-order valence-electron chi connectivity index (χ3n) is 5.84. The summed E-state index contributed by atoms with van der Waals surface area (Å²) >= 11 is 1.53. The zero-order chi connectivity index (χ0) is 19.1. The fourth-order valence-corrected chi connectivity index (χ4v) is 5.12. The summed E-state index contributed by atoms with van der Waals surface area (Å²) in [7, 11) is 0. The minimum absolute atomic E-state index is 0.0277. The number of likely N-dealkylation sites (tertiary alicyclic amines) is 1. The van der Waals surface area contributed by atoms with E-state index in [2.05, 4.69) is 9.88 Å². The van der Waals surface area contributed by atoms with E-state index >= 15 is 0 Å². The van der Waals surface area contributed by atoms with Crippen molar-refractivity contribution in [1.82, 2.24) is 9.88 Å². The minimum Gasteiger partial charge on any atom is -0.305 e. The van der Waals surface area contributed by atoms with Crippen LogP contribution in [0.5, 0.6) is 0 Å². The van der Waals surface area contributed by atoms with Crippen molar-refractivity contribution in [2.24, 2.45) is 0 Å². The lowest BCUT2D eigenvalue weighted by atomic mass is 9.85. The molecule has 4 nitrogen and oxygen atoms in total. The molecule has 1 fully saturated rings. The molecule has 1 atom stereocenters. The molecule has 142 valence electrons. The van der Waals surface area contributed by atoms with Gasteiger partial charge in [-0.1, -0.05) is 18.2 Å². The van der Waals surface area contributed by atoms with Gasteiger partial charge in [-0.3, -0.25) is 14.7 Å². The van der Waals surface area contributed by atoms with Gasteiger partial charge in [0, 0.05) is 42.2 Å². The van der Waals surface area contributed by atoms with Crippen molar-refractivity contribution in [3.05, 3.63) is 82.1 Å². The number of hydrogen-bond acceptors (Lipinski definition) is 4. The van der Waals surface area contributed by atoms with E-state index in [-0.39, 0.29) is 17.1 Å². The second kappa shape index (κ2) is 6.79. The van der Waals surface area contributed by atoms with Gasteiger partial charge in [0.1, 0.15) is 5.82 Å².